The summed E-state index contributed by atoms with van der Waals surface area (Å²) in [5.41, 5.74) is -1.30. The fourth-order valence-electron chi connectivity index (χ4n) is 4.99. The third-order valence-electron chi connectivity index (χ3n) is 6.52. The quantitative estimate of drug-likeness (QED) is 0.352. The molecule has 0 aromatic heterocycles. The van der Waals surface area contributed by atoms with Gasteiger partial charge in [0.05, 0.1) is 31.1 Å². The Morgan fingerprint density at radius 1 is 1.09 bits per heavy atom. The van der Waals surface area contributed by atoms with Gasteiger partial charge >= 0.3 is 11.9 Å². The normalized spacial score (nSPS) is 25.5. The van der Waals surface area contributed by atoms with Crippen LogP contribution in [0.25, 0.3) is 0 Å². The molecule has 2 aromatic rings. The number of nitrogens with one attached hydrogen (secondary N) is 1. The molecule has 182 valence electrons. The Morgan fingerprint density at radius 2 is 1.74 bits per heavy atom. The number of carboxylic acids is 2. The largest absolute Gasteiger partial charge is 0.496 e. The van der Waals surface area contributed by atoms with Gasteiger partial charge in [0.15, 0.2) is 5.78 Å². The molecule has 4 rings (SSSR count). The minimum atomic E-state index is -2.24. The summed E-state index contributed by atoms with van der Waals surface area (Å²) in [7, 11) is 1.41. The minimum absolute atomic E-state index is 0.161. The van der Waals surface area contributed by atoms with Crippen molar-refractivity contribution in [3.8, 4) is 5.75 Å². The van der Waals surface area contributed by atoms with Crippen molar-refractivity contribution in [2.24, 2.45) is 11.8 Å². The highest BCUT2D eigenvalue weighted by Crippen LogP contribution is 2.52. The lowest BCUT2D eigenvalue weighted by atomic mass is 9.77. The number of rotatable bonds is 7. The van der Waals surface area contributed by atoms with Crippen LogP contribution in [0.4, 0.5) is 5.69 Å². The molecule has 2 aromatic carbocycles. The summed E-state index contributed by atoms with van der Waals surface area (Å²) in [6.45, 7) is 1.38. The van der Waals surface area contributed by atoms with Crippen molar-refractivity contribution in [2.45, 2.75) is 24.9 Å². The number of amides is 2. The number of Topliss-reactive ketones (excluding diaryl/α,β-unsaturated/α-hetero) is 1. The van der Waals surface area contributed by atoms with E-state index >= 15 is 0 Å². The van der Waals surface area contributed by atoms with Gasteiger partial charge in [-0.1, -0.05) is 15.9 Å². The van der Waals surface area contributed by atoms with Crippen LogP contribution in [0.15, 0.2) is 46.9 Å². The number of methoxy groups -OCH3 is 1. The number of carboxylic acid groups (broad SMARTS) is 2. The molecule has 0 radical (unpaired) electrons. The van der Waals surface area contributed by atoms with Crippen LogP contribution >= 0.6 is 15.9 Å². The maximum absolute atomic E-state index is 13.7. The molecule has 0 aliphatic carbocycles. The zero-order valence-electron chi connectivity index (χ0n) is 18.6. The SMILES string of the molecule is COc1ccc(Br)cc1C1NC(CC(=O)O)(C(=O)O)C2C(=O)N(c3ccc(C(C)=O)cc3)C(=O)C12. The molecule has 2 heterocycles. The smallest absolute Gasteiger partial charge is 0.325 e. The van der Waals surface area contributed by atoms with Crippen LogP contribution in [0.5, 0.6) is 5.75 Å². The van der Waals surface area contributed by atoms with Crippen LogP contribution in [-0.2, 0) is 19.2 Å². The molecule has 2 saturated heterocycles. The Kier molecular flexibility index (Phi) is 6.24. The second-order valence-electron chi connectivity index (χ2n) is 8.47. The number of benzene rings is 2. The first kappa shape index (κ1) is 24.6. The van der Waals surface area contributed by atoms with Gasteiger partial charge in [-0.05, 0) is 49.4 Å². The van der Waals surface area contributed by atoms with Gasteiger partial charge in [-0.15, -0.1) is 0 Å². The molecule has 2 aliphatic heterocycles. The van der Waals surface area contributed by atoms with Crippen molar-refractivity contribution < 1.29 is 38.9 Å². The predicted octanol–water partition coefficient (Wildman–Crippen LogP) is 2.41. The molecule has 2 fully saturated rings. The van der Waals surface area contributed by atoms with Crippen molar-refractivity contribution in [3.63, 3.8) is 0 Å². The fourth-order valence-corrected chi connectivity index (χ4v) is 5.37. The van der Waals surface area contributed by atoms with Crippen LogP contribution in [0.3, 0.4) is 0 Å². The summed E-state index contributed by atoms with van der Waals surface area (Å²) in [6.07, 6.45) is -0.924. The first-order chi connectivity index (χ1) is 16.5. The molecule has 0 saturated carbocycles. The fraction of sp³-hybridized carbons (Fsp3) is 0.292. The van der Waals surface area contributed by atoms with Crippen LogP contribution in [0, 0.1) is 11.8 Å². The minimum Gasteiger partial charge on any atom is -0.496 e. The molecule has 3 N–H and O–H groups in total. The lowest BCUT2D eigenvalue weighted by Crippen LogP contribution is -2.57. The summed E-state index contributed by atoms with van der Waals surface area (Å²) in [4.78, 5) is 64.1. The van der Waals surface area contributed by atoms with E-state index in [9.17, 15) is 34.2 Å². The van der Waals surface area contributed by atoms with E-state index in [1.54, 1.807) is 18.2 Å². The van der Waals surface area contributed by atoms with Crippen molar-refractivity contribution in [1.29, 1.82) is 0 Å². The molecule has 11 heteroatoms. The second kappa shape index (κ2) is 8.90. The zero-order chi connectivity index (χ0) is 25.7. The molecule has 0 bridgehead atoms. The number of aliphatic carboxylic acids is 2. The molecule has 2 amide bonds. The maximum Gasteiger partial charge on any atom is 0.325 e. The number of imide groups is 1. The lowest BCUT2D eigenvalue weighted by molar-refractivity contribution is -0.154. The van der Waals surface area contributed by atoms with Gasteiger partial charge in [0.25, 0.3) is 0 Å². The van der Waals surface area contributed by atoms with Gasteiger partial charge < -0.3 is 14.9 Å². The van der Waals surface area contributed by atoms with E-state index in [2.05, 4.69) is 21.2 Å². The molecular formula is C24H21BrN2O8. The number of ether oxygens (including phenoxy) is 1. The highest BCUT2D eigenvalue weighted by Gasteiger charge is 2.69. The number of hydrogen-bond acceptors (Lipinski definition) is 7. The molecule has 10 nitrogen and oxygen atoms in total. The summed E-state index contributed by atoms with van der Waals surface area (Å²) in [5.74, 6) is -7.08. The zero-order valence-corrected chi connectivity index (χ0v) is 20.2. The second-order valence-corrected chi connectivity index (χ2v) is 9.39. The molecule has 0 spiro atoms. The number of carbonyl (C=O) groups is 5. The van der Waals surface area contributed by atoms with Gasteiger partial charge in [0, 0.05) is 21.6 Å². The Bertz CT molecular complexity index is 1260. The number of nitrogens with zero attached hydrogens (tertiary/aromatic N) is 1. The first-order valence-electron chi connectivity index (χ1n) is 10.6. The average Bonchev–Trinajstić information content (AvgIpc) is 3.27. The molecule has 4 unspecified atom stereocenters. The van der Waals surface area contributed by atoms with Gasteiger partial charge in [0.1, 0.15) is 11.3 Å². The van der Waals surface area contributed by atoms with Gasteiger partial charge in [0.2, 0.25) is 11.8 Å². The van der Waals surface area contributed by atoms with E-state index in [1.807, 2.05) is 0 Å². The summed E-state index contributed by atoms with van der Waals surface area (Å²) in [6, 6.07) is 9.69. The third kappa shape index (κ3) is 3.90. The van der Waals surface area contributed by atoms with E-state index in [-0.39, 0.29) is 11.5 Å². The summed E-state index contributed by atoms with van der Waals surface area (Å²) >= 11 is 3.35. The lowest BCUT2D eigenvalue weighted by Gasteiger charge is -2.30. The topological polar surface area (TPSA) is 150 Å². The van der Waals surface area contributed by atoms with Crippen LogP contribution < -0.4 is 15.0 Å². The number of halogens is 1. The molecule has 2 aliphatic rings. The number of fused-ring (bicyclic) bond motifs is 1. The van der Waals surface area contributed by atoms with Crippen LogP contribution in [0.1, 0.15) is 35.3 Å². The number of ketones is 1. The van der Waals surface area contributed by atoms with Crippen molar-refractivity contribution in [2.75, 3.05) is 12.0 Å². The van der Waals surface area contributed by atoms with Gasteiger partial charge in [-0.3, -0.25) is 29.3 Å². The summed E-state index contributed by atoms with van der Waals surface area (Å²) < 4.78 is 6.03. The van der Waals surface area contributed by atoms with Crippen molar-refractivity contribution in [1.82, 2.24) is 5.32 Å². The first-order valence-corrected chi connectivity index (χ1v) is 11.4. The van der Waals surface area contributed by atoms with E-state index in [4.69, 9.17) is 4.74 Å². The van der Waals surface area contributed by atoms with E-state index in [0.717, 1.165) is 4.90 Å². The molecular weight excluding hydrogens is 524 g/mol. The number of hydrogen-bond donors (Lipinski definition) is 3. The average molecular weight is 545 g/mol. The van der Waals surface area contributed by atoms with Crippen LogP contribution in [-0.4, -0.2) is 52.4 Å². The predicted molar refractivity (Wildman–Crippen MR) is 125 cm³/mol. The highest BCUT2D eigenvalue weighted by molar-refractivity contribution is 9.10. The van der Waals surface area contributed by atoms with Crippen LogP contribution in [0.2, 0.25) is 0 Å². The van der Waals surface area contributed by atoms with Crippen molar-refractivity contribution >= 4 is 51.2 Å². The molecule has 35 heavy (non-hydrogen) atoms. The van der Waals surface area contributed by atoms with E-state index in [1.165, 1.54) is 38.3 Å². The molecule has 4 atom stereocenters. The maximum atomic E-state index is 13.7. The van der Waals surface area contributed by atoms with E-state index < -0.39 is 53.6 Å². The third-order valence-corrected chi connectivity index (χ3v) is 7.02. The van der Waals surface area contributed by atoms with Crippen molar-refractivity contribution in [3.05, 3.63) is 58.1 Å². The monoisotopic (exact) mass is 544 g/mol. The van der Waals surface area contributed by atoms with Gasteiger partial charge in [-0.2, -0.15) is 0 Å². The standard InChI is InChI=1S/C24H21BrN2O8/c1-11(28)12-3-6-14(7-4-12)27-21(31)18-19(22(27)32)24(23(33)34,10-17(29)30)26-20(18)15-9-13(25)5-8-16(15)35-2/h3-9,18-20,26H,10H2,1-2H3,(H,29,30)(H,33,34). The Morgan fingerprint density at radius 3 is 2.29 bits per heavy atom. The number of carbonyl (C=O) groups excluding carboxylic acids is 3. The Labute approximate surface area is 208 Å². The summed E-state index contributed by atoms with van der Waals surface area (Å²) in [5, 5.41) is 22.5. The highest BCUT2D eigenvalue weighted by atomic mass is 79.9. The van der Waals surface area contributed by atoms with E-state index in [0.29, 0.717) is 21.3 Å². The van der Waals surface area contributed by atoms with Gasteiger partial charge in [-0.25, -0.2) is 4.90 Å². The Balaban J connectivity index is 1.89. The Hall–Kier alpha value is -3.57. The number of anilines is 1.